The Morgan fingerprint density at radius 1 is 1.32 bits per heavy atom. The summed E-state index contributed by atoms with van der Waals surface area (Å²) in [5.74, 6) is -1.09. The minimum Gasteiger partial charge on any atom is -0.452 e. The van der Waals surface area contributed by atoms with Gasteiger partial charge in [-0.1, -0.05) is 18.2 Å². The van der Waals surface area contributed by atoms with E-state index < -0.39 is 33.9 Å². The molecule has 7 heteroatoms. The molecule has 22 heavy (non-hydrogen) atoms. The van der Waals surface area contributed by atoms with Crippen molar-refractivity contribution >= 4 is 21.7 Å². The van der Waals surface area contributed by atoms with Gasteiger partial charge < -0.3 is 10.1 Å². The van der Waals surface area contributed by atoms with Crippen LogP contribution >= 0.6 is 0 Å². The SMILES string of the molecule is Cc1ccccc1C(=O)OCC(=O)N[C@@]1(C)CCS(=O)(=O)C1. The van der Waals surface area contributed by atoms with Crippen molar-refractivity contribution in [2.75, 3.05) is 18.1 Å². The molecular weight excluding hydrogens is 306 g/mol. The first kappa shape index (κ1) is 16.5. The first-order valence-electron chi connectivity index (χ1n) is 6.95. The summed E-state index contributed by atoms with van der Waals surface area (Å²) >= 11 is 0. The van der Waals surface area contributed by atoms with Crippen molar-refractivity contribution < 1.29 is 22.7 Å². The fourth-order valence-electron chi connectivity index (χ4n) is 2.49. The van der Waals surface area contributed by atoms with E-state index in [-0.39, 0.29) is 11.5 Å². The molecule has 6 nitrogen and oxygen atoms in total. The van der Waals surface area contributed by atoms with Crippen molar-refractivity contribution in [3.8, 4) is 0 Å². The molecular formula is C15H19NO5S. The Balaban J connectivity index is 1.89. The van der Waals surface area contributed by atoms with Crippen LogP contribution < -0.4 is 5.32 Å². The van der Waals surface area contributed by atoms with Gasteiger partial charge in [0.15, 0.2) is 16.4 Å². The average molecular weight is 325 g/mol. The summed E-state index contributed by atoms with van der Waals surface area (Å²) in [5, 5.41) is 2.64. The van der Waals surface area contributed by atoms with Crippen LogP contribution in [-0.2, 0) is 19.4 Å². The zero-order valence-electron chi connectivity index (χ0n) is 12.6. The third-order valence-corrected chi connectivity index (χ3v) is 5.55. The highest BCUT2D eigenvalue weighted by molar-refractivity contribution is 7.91. The number of nitrogens with one attached hydrogen (secondary N) is 1. The number of amides is 1. The van der Waals surface area contributed by atoms with E-state index in [9.17, 15) is 18.0 Å². The summed E-state index contributed by atoms with van der Waals surface area (Å²) in [6.45, 7) is 3.03. The van der Waals surface area contributed by atoms with Crippen molar-refractivity contribution in [1.29, 1.82) is 0 Å². The Kier molecular flexibility index (Phi) is 4.55. The molecule has 1 aliphatic heterocycles. The average Bonchev–Trinajstić information content (AvgIpc) is 2.70. The maximum absolute atomic E-state index is 11.9. The number of hydrogen-bond acceptors (Lipinski definition) is 5. The molecule has 0 aromatic heterocycles. The summed E-state index contributed by atoms with van der Waals surface area (Å²) in [5.41, 5.74) is 0.386. The number of aryl methyl sites for hydroxylation is 1. The zero-order valence-corrected chi connectivity index (χ0v) is 13.4. The molecule has 0 unspecified atom stereocenters. The lowest BCUT2D eigenvalue weighted by Gasteiger charge is -2.23. The lowest BCUT2D eigenvalue weighted by atomic mass is 10.0. The molecule has 0 saturated carbocycles. The normalized spacial score (nSPS) is 23.0. The van der Waals surface area contributed by atoms with Crippen LogP contribution in [0.25, 0.3) is 0 Å². The largest absolute Gasteiger partial charge is 0.452 e. The molecule has 0 radical (unpaired) electrons. The Bertz CT molecular complexity index is 698. The van der Waals surface area contributed by atoms with E-state index in [4.69, 9.17) is 4.74 Å². The standard InChI is InChI=1S/C15H19NO5S/c1-11-5-3-4-6-12(11)14(18)21-9-13(17)16-15(2)7-8-22(19,20)10-15/h3-6H,7-10H2,1-2H3,(H,16,17)/t15-/m0/s1. The molecule has 1 N–H and O–H groups in total. The molecule has 120 valence electrons. The van der Waals surface area contributed by atoms with E-state index in [0.29, 0.717) is 12.0 Å². The number of rotatable bonds is 4. The lowest BCUT2D eigenvalue weighted by Crippen LogP contribution is -2.48. The van der Waals surface area contributed by atoms with Crippen LogP contribution in [0.5, 0.6) is 0 Å². The third kappa shape index (κ3) is 4.07. The van der Waals surface area contributed by atoms with Gasteiger partial charge in [-0.2, -0.15) is 0 Å². The fourth-order valence-corrected chi connectivity index (χ4v) is 4.59. The molecule has 1 aromatic carbocycles. The van der Waals surface area contributed by atoms with Crippen molar-refractivity contribution in [1.82, 2.24) is 5.32 Å². The van der Waals surface area contributed by atoms with Gasteiger partial charge in [-0.05, 0) is 31.9 Å². The molecule has 0 spiro atoms. The quantitative estimate of drug-likeness (QED) is 0.829. The predicted molar refractivity (Wildman–Crippen MR) is 81.3 cm³/mol. The van der Waals surface area contributed by atoms with Crippen LogP contribution in [-0.4, -0.2) is 43.9 Å². The van der Waals surface area contributed by atoms with Gasteiger partial charge in [0.1, 0.15) is 0 Å². The number of carbonyl (C=O) groups excluding carboxylic acids is 2. The number of carbonyl (C=O) groups is 2. The minimum absolute atomic E-state index is 0.0623. The second kappa shape index (κ2) is 6.08. The highest BCUT2D eigenvalue weighted by Gasteiger charge is 2.39. The van der Waals surface area contributed by atoms with Crippen LogP contribution in [0.3, 0.4) is 0 Å². The molecule has 1 fully saturated rings. The second-order valence-electron chi connectivity index (χ2n) is 5.84. The minimum atomic E-state index is -3.10. The van der Waals surface area contributed by atoms with Crippen LogP contribution in [0.4, 0.5) is 0 Å². The van der Waals surface area contributed by atoms with E-state index in [1.807, 2.05) is 0 Å². The summed E-state index contributed by atoms with van der Waals surface area (Å²) < 4.78 is 27.9. The first-order chi connectivity index (χ1) is 10.2. The summed E-state index contributed by atoms with van der Waals surface area (Å²) in [7, 11) is -3.10. The Morgan fingerprint density at radius 2 is 2.00 bits per heavy atom. The fraction of sp³-hybridized carbons (Fsp3) is 0.467. The van der Waals surface area contributed by atoms with Crippen molar-refractivity contribution in [2.45, 2.75) is 25.8 Å². The van der Waals surface area contributed by atoms with Crippen molar-refractivity contribution in [2.24, 2.45) is 0 Å². The van der Waals surface area contributed by atoms with Gasteiger partial charge in [-0.3, -0.25) is 4.79 Å². The Hall–Kier alpha value is -1.89. The van der Waals surface area contributed by atoms with Crippen LogP contribution in [0.2, 0.25) is 0 Å². The molecule has 0 bridgehead atoms. The maximum atomic E-state index is 11.9. The highest BCUT2D eigenvalue weighted by Crippen LogP contribution is 2.22. The number of esters is 1. The number of hydrogen-bond donors (Lipinski definition) is 1. The van der Waals surface area contributed by atoms with Crippen LogP contribution in [0.15, 0.2) is 24.3 Å². The molecule has 1 saturated heterocycles. The van der Waals surface area contributed by atoms with Crippen LogP contribution in [0.1, 0.15) is 29.3 Å². The molecule has 1 aliphatic rings. The molecule has 0 aliphatic carbocycles. The topological polar surface area (TPSA) is 89.5 Å². The smallest absolute Gasteiger partial charge is 0.338 e. The molecule has 1 heterocycles. The first-order valence-corrected chi connectivity index (χ1v) is 8.77. The predicted octanol–water partition coefficient (Wildman–Crippen LogP) is 0.845. The third-order valence-electron chi connectivity index (χ3n) is 3.64. The molecule has 1 aromatic rings. The monoisotopic (exact) mass is 325 g/mol. The molecule has 1 atom stereocenters. The van der Waals surface area contributed by atoms with Crippen molar-refractivity contribution in [3.05, 3.63) is 35.4 Å². The number of benzene rings is 1. The highest BCUT2D eigenvalue weighted by atomic mass is 32.2. The van der Waals surface area contributed by atoms with Gasteiger partial charge in [0, 0.05) is 0 Å². The number of sulfone groups is 1. The maximum Gasteiger partial charge on any atom is 0.338 e. The Morgan fingerprint density at radius 3 is 2.59 bits per heavy atom. The van der Waals surface area contributed by atoms with Gasteiger partial charge in [0.05, 0.1) is 22.6 Å². The van der Waals surface area contributed by atoms with E-state index in [2.05, 4.69) is 5.32 Å². The van der Waals surface area contributed by atoms with Crippen LogP contribution in [0, 0.1) is 6.92 Å². The van der Waals surface area contributed by atoms with Crippen molar-refractivity contribution in [3.63, 3.8) is 0 Å². The second-order valence-corrected chi connectivity index (χ2v) is 8.03. The summed E-state index contributed by atoms with van der Waals surface area (Å²) in [4.78, 5) is 23.7. The van der Waals surface area contributed by atoms with Gasteiger partial charge in [0.2, 0.25) is 0 Å². The lowest BCUT2D eigenvalue weighted by molar-refractivity contribution is -0.125. The van der Waals surface area contributed by atoms with Gasteiger partial charge in [-0.25, -0.2) is 13.2 Å². The van der Waals surface area contributed by atoms with Gasteiger partial charge in [-0.15, -0.1) is 0 Å². The molecule has 1 amide bonds. The van der Waals surface area contributed by atoms with Gasteiger partial charge in [0.25, 0.3) is 5.91 Å². The summed E-state index contributed by atoms with van der Waals surface area (Å²) in [6.07, 6.45) is 0.368. The van der Waals surface area contributed by atoms with E-state index in [1.54, 1.807) is 38.1 Å². The Labute approximate surface area is 129 Å². The zero-order chi connectivity index (χ0) is 16.4. The number of ether oxygens (including phenoxy) is 1. The summed E-state index contributed by atoms with van der Waals surface area (Å²) in [6, 6.07) is 6.93. The van der Waals surface area contributed by atoms with E-state index in [0.717, 1.165) is 5.56 Å². The molecule has 2 rings (SSSR count). The van der Waals surface area contributed by atoms with E-state index in [1.165, 1.54) is 0 Å². The van der Waals surface area contributed by atoms with Gasteiger partial charge >= 0.3 is 5.97 Å². The van der Waals surface area contributed by atoms with E-state index >= 15 is 0 Å².